The van der Waals surface area contributed by atoms with Gasteiger partial charge in [0.05, 0.1) is 23.1 Å². The van der Waals surface area contributed by atoms with E-state index in [-0.39, 0.29) is 17.1 Å². The van der Waals surface area contributed by atoms with E-state index >= 15 is 0 Å². The highest BCUT2D eigenvalue weighted by Crippen LogP contribution is 2.35. The highest BCUT2D eigenvalue weighted by atomic mass is 19.1. The molecule has 0 saturated heterocycles. The lowest BCUT2D eigenvalue weighted by atomic mass is 9.92. The van der Waals surface area contributed by atoms with Crippen molar-refractivity contribution in [2.24, 2.45) is 5.41 Å². The van der Waals surface area contributed by atoms with Crippen LogP contribution < -0.4 is 5.32 Å². The molecule has 1 amide bonds. The average molecular weight is 519 g/mol. The van der Waals surface area contributed by atoms with E-state index in [0.29, 0.717) is 17.8 Å². The van der Waals surface area contributed by atoms with Crippen LogP contribution in [0.4, 0.5) is 10.1 Å². The largest absolute Gasteiger partial charge is 0.338 e. The molecule has 6 rings (SSSR count). The normalized spacial score (nSPS) is 11.8. The predicted octanol–water partition coefficient (Wildman–Crippen LogP) is 7.35. The van der Waals surface area contributed by atoms with Gasteiger partial charge in [-0.2, -0.15) is 5.10 Å². The molecule has 194 valence electrons. The van der Waals surface area contributed by atoms with Crippen molar-refractivity contribution in [2.75, 3.05) is 5.32 Å². The van der Waals surface area contributed by atoms with Crippen LogP contribution >= 0.6 is 0 Å². The van der Waals surface area contributed by atoms with E-state index in [1.54, 1.807) is 24.7 Å². The van der Waals surface area contributed by atoms with Crippen molar-refractivity contribution in [3.63, 3.8) is 0 Å². The molecule has 8 heteroatoms. The zero-order valence-electron chi connectivity index (χ0n) is 21.8. The fourth-order valence-corrected chi connectivity index (χ4v) is 4.81. The maximum absolute atomic E-state index is 13.9. The van der Waals surface area contributed by atoms with Crippen molar-refractivity contribution in [3.8, 4) is 33.6 Å². The van der Waals surface area contributed by atoms with Crippen LogP contribution in [-0.4, -0.2) is 31.1 Å². The topological polar surface area (TPSA) is 99.3 Å². The van der Waals surface area contributed by atoms with Crippen LogP contribution in [0.5, 0.6) is 0 Å². The molecular weight excluding hydrogens is 491 g/mol. The van der Waals surface area contributed by atoms with Crippen LogP contribution in [0.2, 0.25) is 0 Å². The summed E-state index contributed by atoms with van der Waals surface area (Å²) in [5.41, 5.74) is 7.17. The molecule has 2 aromatic carbocycles. The Bertz CT molecular complexity index is 1850. The summed E-state index contributed by atoms with van der Waals surface area (Å²) in [4.78, 5) is 24.7. The number of benzene rings is 2. The summed E-state index contributed by atoms with van der Waals surface area (Å²) in [7, 11) is 0. The van der Waals surface area contributed by atoms with Crippen molar-refractivity contribution < 1.29 is 9.18 Å². The molecule has 0 spiro atoms. The highest BCUT2D eigenvalue weighted by Gasteiger charge is 2.17. The first-order valence-electron chi connectivity index (χ1n) is 12.7. The number of H-pyrrole nitrogens is 2. The van der Waals surface area contributed by atoms with Crippen molar-refractivity contribution >= 4 is 33.5 Å². The Kier molecular flexibility index (Phi) is 5.95. The van der Waals surface area contributed by atoms with Crippen LogP contribution in [0.1, 0.15) is 27.2 Å². The summed E-state index contributed by atoms with van der Waals surface area (Å²) in [5.74, 6) is -0.328. The standard InChI is InChI=1S/C31H27FN6O/c1-31(2,3)15-28(39)35-22-12-20(16-33-17-22)18-7-8-26-25(13-18)29(38-37-26)27-14-24-23(9-10-34-30(24)36-27)19-5-4-6-21(32)11-19/h4-14,16-17H,15H2,1-3H3,(H,34,36)(H,35,39)(H,37,38). The number of hydrogen-bond acceptors (Lipinski definition) is 4. The lowest BCUT2D eigenvalue weighted by molar-refractivity contribution is -0.117. The molecule has 0 unspecified atom stereocenters. The number of amides is 1. The number of carbonyl (C=O) groups excluding carboxylic acids is 1. The third-order valence-electron chi connectivity index (χ3n) is 6.53. The van der Waals surface area contributed by atoms with E-state index in [1.807, 2.05) is 57.2 Å². The summed E-state index contributed by atoms with van der Waals surface area (Å²) in [6.07, 6.45) is 5.56. The zero-order chi connectivity index (χ0) is 27.1. The van der Waals surface area contributed by atoms with Gasteiger partial charge >= 0.3 is 0 Å². The quantitative estimate of drug-likeness (QED) is 0.222. The SMILES string of the molecule is CC(C)(C)CC(=O)Nc1cncc(-c2ccc3[nH]nc(-c4cc5c(-c6cccc(F)c6)ccnc5[nH]4)c3c2)c1. The molecule has 0 bridgehead atoms. The average Bonchev–Trinajstić information content (AvgIpc) is 3.51. The number of halogens is 1. The number of pyridine rings is 2. The molecule has 0 aliphatic rings. The summed E-state index contributed by atoms with van der Waals surface area (Å²) in [6.45, 7) is 6.10. The summed E-state index contributed by atoms with van der Waals surface area (Å²) in [6, 6.07) is 18.4. The second-order valence-electron chi connectivity index (χ2n) is 10.9. The zero-order valence-corrected chi connectivity index (χ0v) is 21.8. The first kappa shape index (κ1) is 24.5. The Morgan fingerprint density at radius 1 is 0.949 bits per heavy atom. The highest BCUT2D eigenvalue weighted by molar-refractivity contribution is 6.01. The third-order valence-corrected chi connectivity index (χ3v) is 6.53. The second kappa shape index (κ2) is 9.47. The van der Waals surface area contributed by atoms with Gasteiger partial charge in [0, 0.05) is 35.2 Å². The molecule has 7 nitrogen and oxygen atoms in total. The molecule has 0 fully saturated rings. The van der Waals surface area contributed by atoms with Crippen molar-refractivity contribution in [1.29, 1.82) is 0 Å². The second-order valence-corrected chi connectivity index (χ2v) is 10.9. The van der Waals surface area contributed by atoms with Crippen LogP contribution in [0.25, 0.3) is 55.6 Å². The fourth-order valence-electron chi connectivity index (χ4n) is 4.81. The van der Waals surface area contributed by atoms with E-state index in [0.717, 1.165) is 49.9 Å². The van der Waals surface area contributed by atoms with Gasteiger partial charge < -0.3 is 10.3 Å². The number of nitrogens with one attached hydrogen (secondary N) is 3. The number of rotatable bonds is 5. The molecule has 0 atom stereocenters. The Morgan fingerprint density at radius 3 is 2.64 bits per heavy atom. The summed E-state index contributed by atoms with van der Waals surface area (Å²) >= 11 is 0. The van der Waals surface area contributed by atoms with Gasteiger partial charge in [-0.25, -0.2) is 9.37 Å². The fraction of sp³-hybridized carbons (Fsp3) is 0.161. The van der Waals surface area contributed by atoms with Gasteiger partial charge in [0.25, 0.3) is 0 Å². The van der Waals surface area contributed by atoms with Gasteiger partial charge in [-0.05, 0) is 64.6 Å². The van der Waals surface area contributed by atoms with Crippen LogP contribution in [-0.2, 0) is 4.79 Å². The monoisotopic (exact) mass is 518 g/mol. The van der Waals surface area contributed by atoms with Gasteiger partial charge in [-0.3, -0.25) is 14.9 Å². The number of nitrogens with zero attached hydrogens (tertiary/aromatic N) is 3. The van der Waals surface area contributed by atoms with Crippen LogP contribution in [0.15, 0.2) is 79.3 Å². The minimum absolute atomic E-state index is 0.0425. The Labute approximate surface area is 224 Å². The minimum atomic E-state index is -0.286. The van der Waals surface area contributed by atoms with Crippen LogP contribution in [0, 0.1) is 11.2 Å². The molecule has 0 radical (unpaired) electrons. The number of carbonyl (C=O) groups is 1. The molecule has 3 N–H and O–H groups in total. The number of aromatic nitrogens is 5. The first-order valence-corrected chi connectivity index (χ1v) is 12.7. The van der Waals surface area contributed by atoms with E-state index in [4.69, 9.17) is 0 Å². The number of hydrogen-bond donors (Lipinski definition) is 3. The number of aromatic amines is 2. The molecule has 0 saturated carbocycles. The van der Waals surface area contributed by atoms with Crippen molar-refractivity contribution in [2.45, 2.75) is 27.2 Å². The number of anilines is 1. The summed E-state index contributed by atoms with van der Waals surface area (Å²) in [5, 5.41) is 12.5. The smallest absolute Gasteiger partial charge is 0.224 e. The van der Waals surface area contributed by atoms with E-state index in [1.165, 1.54) is 12.1 Å². The van der Waals surface area contributed by atoms with E-state index < -0.39 is 0 Å². The maximum Gasteiger partial charge on any atom is 0.224 e. The van der Waals surface area contributed by atoms with Gasteiger partial charge in [0.2, 0.25) is 5.91 Å². The predicted molar refractivity (Wildman–Crippen MR) is 153 cm³/mol. The van der Waals surface area contributed by atoms with Gasteiger partial charge in [0.1, 0.15) is 17.2 Å². The molecule has 4 heterocycles. The molecule has 6 aromatic rings. The summed E-state index contributed by atoms with van der Waals surface area (Å²) < 4.78 is 13.9. The Morgan fingerprint density at radius 2 is 1.82 bits per heavy atom. The van der Waals surface area contributed by atoms with Crippen molar-refractivity contribution in [3.05, 3.63) is 85.1 Å². The molecule has 0 aliphatic heterocycles. The molecule has 0 aliphatic carbocycles. The van der Waals surface area contributed by atoms with Crippen molar-refractivity contribution in [1.82, 2.24) is 25.1 Å². The lowest BCUT2D eigenvalue weighted by Crippen LogP contribution is -2.19. The van der Waals surface area contributed by atoms with E-state index in [2.05, 4.69) is 36.5 Å². The van der Waals surface area contributed by atoms with Gasteiger partial charge in [-0.1, -0.05) is 39.0 Å². The van der Waals surface area contributed by atoms with E-state index in [9.17, 15) is 9.18 Å². The molecule has 39 heavy (non-hydrogen) atoms. The maximum atomic E-state index is 13.9. The molecule has 4 aromatic heterocycles. The Hall–Kier alpha value is -4.85. The third kappa shape index (κ3) is 5.01. The van der Waals surface area contributed by atoms with Gasteiger partial charge in [-0.15, -0.1) is 0 Å². The lowest BCUT2D eigenvalue weighted by Gasteiger charge is -2.17. The van der Waals surface area contributed by atoms with Gasteiger partial charge in [0.15, 0.2) is 0 Å². The minimum Gasteiger partial charge on any atom is -0.338 e. The first-order chi connectivity index (χ1) is 18.7. The van der Waals surface area contributed by atoms with Crippen LogP contribution in [0.3, 0.4) is 0 Å². The Balaban J connectivity index is 1.37. The number of fused-ring (bicyclic) bond motifs is 2. The molecular formula is C31H27FN6O.